The lowest BCUT2D eigenvalue weighted by Crippen LogP contribution is -2.59. The Bertz CT molecular complexity index is 1850. The number of carbonyl (C=O) groups is 3. The van der Waals surface area contributed by atoms with Gasteiger partial charge in [0.25, 0.3) is 11.8 Å². The predicted octanol–water partition coefficient (Wildman–Crippen LogP) is 6.62. The Labute approximate surface area is 283 Å². The van der Waals surface area contributed by atoms with Gasteiger partial charge in [0.05, 0.1) is 21.1 Å². The van der Waals surface area contributed by atoms with E-state index in [1.807, 2.05) is 39.0 Å². The van der Waals surface area contributed by atoms with Crippen LogP contribution in [0.15, 0.2) is 67.0 Å². The number of aromatic nitrogens is 2. The summed E-state index contributed by atoms with van der Waals surface area (Å²) in [6.45, 7) is 9.20. The molecule has 0 atom stereocenters. The molecule has 3 aromatic heterocycles. The summed E-state index contributed by atoms with van der Waals surface area (Å²) in [6.07, 6.45) is 5.55. The van der Waals surface area contributed by atoms with Crippen LogP contribution in [-0.2, 0) is 15.9 Å². The van der Waals surface area contributed by atoms with E-state index in [-0.39, 0.29) is 17.2 Å². The molecule has 1 spiro atoms. The molecule has 4 aromatic rings. The first-order chi connectivity index (χ1) is 23.1. The largest absolute Gasteiger partial charge is 0.444 e. The third-order valence-corrected chi connectivity index (χ3v) is 10.0. The summed E-state index contributed by atoms with van der Waals surface area (Å²) in [5.74, 6) is 0.275. The molecule has 0 bridgehead atoms. The number of amides is 3. The van der Waals surface area contributed by atoms with Gasteiger partial charge in [-0.15, -0.1) is 11.3 Å². The van der Waals surface area contributed by atoms with Crippen LogP contribution in [0.2, 0.25) is 0 Å². The number of hydrogen-bond acceptors (Lipinski definition) is 9. The van der Waals surface area contributed by atoms with Gasteiger partial charge in [0.15, 0.2) is 0 Å². The monoisotopic (exact) mass is 666 g/mol. The molecule has 48 heavy (non-hydrogen) atoms. The quantitative estimate of drug-likeness (QED) is 0.243. The smallest absolute Gasteiger partial charge is 0.412 e. The van der Waals surface area contributed by atoms with Gasteiger partial charge >= 0.3 is 6.09 Å². The molecule has 2 N–H and O–H groups in total. The third kappa shape index (κ3) is 6.50. The van der Waals surface area contributed by atoms with Crippen molar-refractivity contribution in [3.63, 3.8) is 0 Å². The summed E-state index contributed by atoms with van der Waals surface area (Å²) < 4.78 is 11.0. The van der Waals surface area contributed by atoms with E-state index in [0.29, 0.717) is 52.0 Å². The number of nitrogens with one attached hydrogen (secondary N) is 2. The highest BCUT2D eigenvalue weighted by Crippen LogP contribution is 2.43. The molecule has 11 nitrogen and oxygen atoms in total. The summed E-state index contributed by atoms with van der Waals surface area (Å²) in [5.41, 5.74) is 3.61. The maximum Gasteiger partial charge on any atom is 0.412 e. The Hall–Kier alpha value is -4.81. The lowest BCUT2D eigenvalue weighted by atomic mass is 9.73. The summed E-state index contributed by atoms with van der Waals surface area (Å²) in [5, 5.41) is 6.48. The van der Waals surface area contributed by atoms with Crippen molar-refractivity contribution in [2.45, 2.75) is 45.6 Å². The zero-order chi connectivity index (χ0) is 33.5. The molecule has 12 heteroatoms. The number of nitrogens with zero attached hydrogens (tertiary/aromatic N) is 4. The van der Waals surface area contributed by atoms with Crippen LogP contribution in [0.3, 0.4) is 0 Å². The maximum absolute atomic E-state index is 13.9. The third-order valence-electron chi connectivity index (χ3n) is 8.90. The van der Waals surface area contributed by atoms with E-state index in [1.54, 1.807) is 53.7 Å². The molecule has 6 heterocycles. The molecule has 7 rings (SSSR count). The fourth-order valence-corrected chi connectivity index (χ4v) is 7.65. The van der Waals surface area contributed by atoms with Gasteiger partial charge in [-0.2, -0.15) is 0 Å². The van der Waals surface area contributed by atoms with Gasteiger partial charge < -0.3 is 24.6 Å². The van der Waals surface area contributed by atoms with Crippen LogP contribution < -0.4 is 20.4 Å². The molecule has 3 aliphatic rings. The zero-order valence-electron chi connectivity index (χ0n) is 27.2. The second kappa shape index (κ2) is 12.7. The number of fused-ring (bicyclic) bond motifs is 3. The minimum Gasteiger partial charge on any atom is -0.444 e. The fourth-order valence-electron chi connectivity index (χ4n) is 6.54. The highest BCUT2D eigenvalue weighted by atomic mass is 32.1. The average Bonchev–Trinajstić information content (AvgIpc) is 3.38. The topological polar surface area (TPSA) is 126 Å². The summed E-state index contributed by atoms with van der Waals surface area (Å²) in [6, 6.07) is 16.1. The van der Waals surface area contributed by atoms with Crippen LogP contribution in [0.5, 0.6) is 0 Å². The van der Waals surface area contributed by atoms with Crippen molar-refractivity contribution in [2.24, 2.45) is 5.41 Å². The molecule has 248 valence electrons. The van der Waals surface area contributed by atoms with Crippen molar-refractivity contribution < 1.29 is 23.9 Å². The number of ether oxygens (including phenoxy) is 2. The minimum absolute atomic E-state index is 0.168. The summed E-state index contributed by atoms with van der Waals surface area (Å²) in [7, 11) is 0. The predicted molar refractivity (Wildman–Crippen MR) is 186 cm³/mol. The first-order valence-electron chi connectivity index (χ1n) is 16.2. The molecule has 3 aliphatic heterocycles. The summed E-state index contributed by atoms with van der Waals surface area (Å²) >= 11 is 1.41. The second-order valence-corrected chi connectivity index (χ2v) is 14.6. The molecular formula is C36H38N6O5S. The SMILES string of the molecule is CC(C)(C)OC(=O)Nc1cc2c(s1)-c1ncccc1N(C(=O)c1ccc(NC(=O)c3cccnc3N3CC4(CCOCC4)C3)cc1)CC2. The molecule has 1 aromatic carbocycles. The van der Waals surface area contributed by atoms with Crippen molar-refractivity contribution in [3.8, 4) is 10.6 Å². The van der Waals surface area contributed by atoms with Crippen LogP contribution >= 0.6 is 11.3 Å². The Balaban J connectivity index is 1.04. The van der Waals surface area contributed by atoms with Crippen LogP contribution in [-0.4, -0.2) is 66.3 Å². The van der Waals surface area contributed by atoms with Crippen LogP contribution in [0, 0.1) is 5.41 Å². The van der Waals surface area contributed by atoms with E-state index in [1.165, 1.54) is 11.3 Å². The number of hydrogen-bond donors (Lipinski definition) is 2. The number of anilines is 4. The van der Waals surface area contributed by atoms with E-state index >= 15 is 0 Å². The van der Waals surface area contributed by atoms with Crippen LogP contribution in [0.1, 0.15) is 59.9 Å². The minimum atomic E-state index is -0.608. The lowest BCUT2D eigenvalue weighted by molar-refractivity contribution is -0.000511. The maximum atomic E-state index is 13.9. The zero-order valence-corrected chi connectivity index (χ0v) is 28.1. The fraction of sp³-hybridized carbons (Fsp3) is 0.361. The molecular weight excluding hydrogens is 629 g/mol. The molecule has 0 aliphatic carbocycles. The van der Waals surface area contributed by atoms with Crippen molar-refractivity contribution in [1.82, 2.24) is 9.97 Å². The van der Waals surface area contributed by atoms with E-state index in [0.717, 1.165) is 49.6 Å². The number of rotatable bonds is 5. The Kier molecular flexibility index (Phi) is 8.38. The highest BCUT2D eigenvalue weighted by Gasteiger charge is 2.45. The molecule has 3 amide bonds. The standard InChI is InChI=1S/C36H38N6O5S/c1-35(2,3)47-34(45)40-28-20-24-12-17-42(27-7-5-15-37-29(27)30(24)48-28)33(44)23-8-10-25(11-9-23)39-32(43)26-6-4-16-38-31(26)41-21-36(22-41)13-18-46-19-14-36/h4-11,15-16,20H,12-14,17-19,21-22H2,1-3H3,(H,39,43)(H,40,45). The molecule has 0 saturated carbocycles. The molecule has 0 radical (unpaired) electrons. The lowest BCUT2D eigenvalue weighted by Gasteiger charge is -2.53. The van der Waals surface area contributed by atoms with Crippen LogP contribution in [0.25, 0.3) is 10.6 Å². The number of thiophene rings is 1. The van der Waals surface area contributed by atoms with Gasteiger partial charge in [0.1, 0.15) is 17.1 Å². The Morgan fingerprint density at radius 2 is 1.69 bits per heavy atom. The first-order valence-corrected chi connectivity index (χ1v) is 17.0. The van der Waals surface area contributed by atoms with E-state index in [9.17, 15) is 14.4 Å². The molecule has 0 unspecified atom stereocenters. The molecule has 2 saturated heterocycles. The van der Waals surface area contributed by atoms with Gasteiger partial charge in [0, 0.05) is 61.9 Å². The second-order valence-electron chi connectivity index (χ2n) is 13.5. The van der Waals surface area contributed by atoms with Crippen molar-refractivity contribution >= 4 is 51.4 Å². The van der Waals surface area contributed by atoms with E-state index in [2.05, 4.69) is 25.5 Å². The Morgan fingerprint density at radius 3 is 2.44 bits per heavy atom. The van der Waals surface area contributed by atoms with Crippen LogP contribution in [0.4, 0.5) is 27.0 Å². The molecule has 2 fully saturated rings. The Morgan fingerprint density at radius 1 is 0.958 bits per heavy atom. The highest BCUT2D eigenvalue weighted by molar-refractivity contribution is 7.19. The van der Waals surface area contributed by atoms with E-state index in [4.69, 9.17) is 9.47 Å². The number of carbonyl (C=O) groups excluding carboxylic acids is 3. The van der Waals surface area contributed by atoms with Crippen molar-refractivity contribution in [3.05, 3.63) is 83.7 Å². The van der Waals surface area contributed by atoms with Gasteiger partial charge in [-0.25, -0.2) is 9.78 Å². The van der Waals surface area contributed by atoms with Gasteiger partial charge in [-0.3, -0.25) is 19.9 Å². The normalized spacial score (nSPS) is 16.6. The van der Waals surface area contributed by atoms with Gasteiger partial charge in [-0.05, 0) is 100 Å². The van der Waals surface area contributed by atoms with Crippen molar-refractivity contribution in [2.75, 3.05) is 53.3 Å². The number of benzene rings is 1. The van der Waals surface area contributed by atoms with Gasteiger partial charge in [-0.1, -0.05) is 0 Å². The first kappa shape index (κ1) is 31.8. The van der Waals surface area contributed by atoms with E-state index < -0.39 is 11.7 Å². The van der Waals surface area contributed by atoms with Crippen molar-refractivity contribution in [1.29, 1.82) is 0 Å². The summed E-state index contributed by atoms with van der Waals surface area (Å²) in [4.78, 5) is 53.7. The average molecular weight is 667 g/mol. The number of pyridine rings is 2. The van der Waals surface area contributed by atoms with Gasteiger partial charge in [0.2, 0.25) is 0 Å².